The summed E-state index contributed by atoms with van der Waals surface area (Å²) in [5, 5.41) is 9.94. The van der Waals surface area contributed by atoms with Crippen LogP contribution in [0.1, 0.15) is 0 Å². The molecule has 0 unspecified atom stereocenters. The van der Waals surface area contributed by atoms with Crippen LogP contribution in [0.2, 0.25) is 0 Å². The molecule has 0 amide bonds. The van der Waals surface area contributed by atoms with Crippen molar-refractivity contribution in [2.45, 2.75) is 0 Å². The monoisotopic (exact) mass is 751 g/mol. The van der Waals surface area contributed by atoms with Crippen LogP contribution in [0.4, 0.5) is 17.1 Å². The lowest BCUT2D eigenvalue weighted by Crippen LogP contribution is -2.11. The number of anilines is 3. The van der Waals surface area contributed by atoms with E-state index in [1.165, 1.54) is 76.3 Å². The van der Waals surface area contributed by atoms with E-state index >= 15 is 0 Å². The van der Waals surface area contributed by atoms with Crippen LogP contribution in [-0.2, 0) is 0 Å². The minimum absolute atomic E-state index is 1.09. The van der Waals surface area contributed by atoms with Gasteiger partial charge in [0.15, 0.2) is 0 Å². The molecule has 276 valence electrons. The van der Waals surface area contributed by atoms with Crippen LogP contribution in [0.15, 0.2) is 224 Å². The molecule has 0 saturated carbocycles. The van der Waals surface area contributed by atoms with E-state index in [-0.39, 0.29) is 0 Å². The quantitative estimate of drug-likeness (QED) is 0.154. The van der Waals surface area contributed by atoms with Gasteiger partial charge in [-0.25, -0.2) is 0 Å². The molecule has 10 aromatic carbocycles. The summed E-state index contributed by atoms with van der Waals surface area (Å²) in [7, 11) is 0. The number of para-hydroxylation sites is 5. The summed E-state index contributed by atoms with van der Waals surface area (Å²) in [6, 6.07) is 81.7. The fourth-order valence-corrected chi connectivity index (χ4v) is 9.49. The summed E-state index contributed by atoms with van der Waals surface area (Å²) in [6.45, 7) is 0. The second-order valence-electron chi connectivity index (χ2n) is 15.3. The Morgan fingerprint density at radius 2 is 0.780 bits per heavy atom. The molecule has 0 aliphatic rings. The number of benzene rings is 10. The number of fused-ring (bicyclic) bond motifs is 9. The lowest BCUT2D eigenvalue weighted by atomic mass is 9.98. The van der Waals surface area contributed by atoms with Crippen molar-refractivity contribution in [1.29, 1.82) is 0 Å². The Labute approximate surface area is 341 Å². The van der Waals surface area contributed by atoms with E-state index in [1.807, 2.05) is 0 Å². The average Bonchev–Trinajstić information content (AvgIpc) is 3.83. The third-order valence-electron chi connectivity index (χ3n) is 12.1. The van der Waals surface area contributed by atoms with Crippen LogP contribution in [0.3, 0.4) is 0 Å². The minimum Gasteiger partial charge on any atom is -0.310 e. The lowest BCUT2D eigenvalue weighted by molar-refractivity contribution is 1.17. The van der Waals surface area contributed by atoms with Gasteiger partial charge in [-0.2, -0.15) is 0 Å². The highest BCUT2D eigenvalue weighted by Gasteiger charge is 2.20. The molecule has 0 atom stereocenters. The number of hydrogen-bond acceptors (Lipinski definition) is 1. The molecule has 0 saturated heterocycles. The van der Waals surface area contributed by atoms with Gasteiger partial charge in [-0.15, -0.1) is 0 Å². The number of hydrogen-bond donors (Lipinski definition) is 0. The first-order valence-electron chi connectivity index (χ1n) is 20.3. The molecule has 0 aliphatic heterocycles. The third-order valence-corrected chi connectivity index (χ3v) is 12.1. The summed E-state index contributed by atoms with van der Waals surface area (Å²) >= 11 is 0. The second-order valence-corrected chi connectivity index (χ2v) is 15.3. The van der Waals surface area contributed by atoms with Crippen LogP contribution in [0, 0.1) is 0 Å². The van der Waals surface area contributed by atoms with Crippen LogP contribution in [0.5, 0.6) is 0 Å². The number of nitrogens with zero attached hydrogens (tertiary/aromatic N) is 3. The zero-order chi connectivity index (χ0) is 38.9. The van der Waals surface area contributed by atoms with E-state index in [0.29, 0.717) is 0 Å². The molecule has 12 aromatic rings. The first-order chi connectivity index (χ1) is 29.3. The van der Waals surface area contributed by atoms with Crippen molar-refractivity contribution in [2.24, 2.45) is 0 Å². The molecule has 3 nitrogen and oxygen atoms in total. The van der Waals surface area contributed by atoms with Gasteiger partial charge >= 0.3 is 0 Å². The van der Waals surface area contributed by atoms with Crippen molar-refractivity contribution >= 4 is 82.2 Å². The first kappa shape index (κ1) is 33.3. The van der Waals surface area contributed by atoms with E-state index in [2.05, 4.69) is 238 Å². The molecule has 2 heterocycles. The van der Waals surface area contributed by atoms with Crippen LogP contribution in [0.25, 0.3) is 87.7 Å². The van der Waals surface area contributed by atoms with Crippen molar-refractivity contribution in [2.75, 3.05) is 4.90 Å². The van der Waals surface area contributed by atoms with Crippen molar-refractivity contribution in [3.05, 3.63) is 224 Å². The average molecular weight is 752 g/mol. The highest BCUT2D eigenvalue weighted by Crippen LogP contribution is 2.44. The Morgan fingerprint density at radius 3 is 1.44 bits per heavy atom. The Morgan fingerprint density at radius 1 is 0.305 bits per heavy atom. The van der Waals surface area contributed by atoms with E-state index in [9.17, 15) is 0 Å². The van der Waals surface area contributed by atoms with E-state index < -0.39 is 0 Å². The minimum atomic E-state index is 1.09. The number of rotatable bonds is 6. The van der Waals surface area contributed by atoms with Gasteiger partial charge in [0, 0.05) is 55.2 Å². The number of aromatic nitrogens is 2. The molecule has 0 aliphatic carbocycles. The van der Waals surface area contributed by atoms with Crippen molar-refractivity contribution in [3.63, 3.8) is 0 Å². The molecule has 2 aromatic heterocycles. The first-order valence-corrected chi connectivity index (χ1v) is 20.3. The maximum absolute atomic E-state index is 2.43. The molecule has 0 fully saturated rings. The van der Waals surface area contributed by atoms with Crippen molar-refractivity contribution in [1.82, 2.24) is 9.13 Å². The zero-order valence-electron chi connectivity index (χ0n) is 32.2. The van der Waals surface area contributed by atoms with Gasteiger partial charge in [-0.3, -0.25) is 0 Å². The molecule has 0 radical (unpaired) electrons. The Hall–Kier alpha value is -7.88. The standard InChI is InChI=1S/C56H37N3/c1-2-16-40(17-3-1)59-54-28-13-10-23-50(54)51-25-14-24-45(56(51)59)38-29-31-41(32-30-38)57(55-37-39-15-4-5-18-44(39)46-19-6-7-20-47(46)55)42-33-35-43(36-34-42)58-52-26-11-8-21-48(52)49-22-9-12-27-53(49)58/h1-37H. The molecular formula is C56H37N3. The molecular weight excluding hydrogens is 715 g/mol. The van der Waals surface area contributed by atoms with Crippen LogP contribution in [-0.4, -0.2) is 9.13 Å². The highest BCUT2D eigenvalue weighted by atomic mass is 15.1. The van der Waals surface area contributed by atoms with Gasteiger partial charge in [0.05, 0.1) is 27.8 Å². The van der Waals surface area contributed by atoms with Gasteiger partial charge in [0.1, 0.15) is 0 Å². The normalized spacial score (nSPS) is 11.7. The maximum atomic E-state index is 2.43. The smallest absolute Gasteiger partial charge is 0.0619 e. The van der Waals surface area contributed by atoms with Gasteiger partial charge in [0.2, 0.25) is 0 Å². The summed E-state index contributed by atoms with van der Waals surface area (Å²) in [5.41, 5.74) is 12.8. The fraction of sp³-hybridized carbons (Fsp3) is 0. The summed E-state index contributed by atoms with van der Waals surface area (Å²) in [4.78, 5) is 2.43. The third kappa shape index (κ3) is 5.22. The van der Waals surface area contributed by atoms with E-state index in [1.54, 1.807) is 0 Å². The Kier molecular flexibility index (Phi) is 7.54. The Balaban J connectivity index is 1.05. The lowest BCUT2D eigenvalue weighted by Gasteiger charge is -2.28. The molecule has 0 N–H and O–H groups in total. The predicted octanol–water partition coefficient (Wildman–Crippen LogP) is 15.3. The molecule has 3 heteroatoms. The summed E-state index contributed by atoms with van der Waals surface area (Å²) in [6.07, 6.45) is 0. The van der Waals surface area contributed by atoms with Crippen molar-refractivity contribution < 1.29 is 0 Å². The second kappa shape index (κ2) is 13.4. The fourth-order valence-electron chi connectivity index (χ4n) is 9.49. The predicted molar refractivity (Wildman–Crippen MR) is 250 cm³/mol. The largest absolute Gasteiger partial charge is 0.310 e. The van der Waals surface area contributed by atoms with Crippen LogP contribution < -0.4 is 4.90 Å². The van der Waals surface area contributed by atoms with Gasteiger partial charge in [-0.1, -0.05) is 152 Å². The Bertz CT molecular complexity index is 3480. The van der Waals surface area contributed by atoms with Gasteiger partial charge in [0.25, 0.3) is 0 Å². The molecule has 0 spiro atoms. The van der Waals surface area contributed by atoms with Crippen LogP contribution >= 0.6 is 0 Å². The van der Waals surface area contributed by atoms with E-state index in [4.69, 9.17) is 0 Å². The van der Waals surface area contributed by atoms with Gasteiger partial charge < -0.3 is 14.0 Å². The molecule has 59 heavy (non-hydrogen) atoms. The van der Waals surface area contributed by atoms with E-state index in [0.717, 1.165) is 28.4 Å². The highest BCUT2D eigenvalue weighted by molar-refractivity contribution is 6.16. The zero-order valence-corrected chi connectivity index (χ0v) is 32.2. The maximum Gasteiger partial charge on any atom is 0.0619 e. The van der Waals surface area contributed by atoms with Gasteiger partial charge in [-0.05, 0) is 94.5 Å². The topological polar surface area (TPSA) is 13.1 Å². The van der Waals surface area contributed by atoms with Crippen molar-refractivity contribution in [3.8, 4) is 22.5 Å². The molecule has 12 rings (SSSR count). The molecule has 0 bridgehead atoms. The summed E-state index contributed by atoms with van der Waals surface area (Å²) in [5.74, 6) is 0. The SMILES string of the molecule is c1ccc(-n2c3ccccc3c3cccc(-c4ccc(N(c5ccc(-n6c7ccccc7c7ccccc76)cc5)c5cc6ccccc6c6ccccc56)cc4)c32)cc1. The summed E-state index contributed by atoms with van der Waals surface area (Å²) < 4.78 is 4.80.